The van der Waals surface area contributed by atoms with Crippen LogP contribution in [-0.2, 0) is 0 Å². The van der Waals surface area contributed by atoms with Crippen LogP contribution in [0.2, 0.25) is 0 Å². The molecule has 1 amide bonds. The number of hydrogen-bond acceptors (Lipinski definition) is 3. The van der Waals surface area contributed by atoms with E-state index in [1.165, 1.54) is 6.42 Å². The summed E-state index contributed by atoms with van der Waals surface area (Å²) < 4.78 is 0. The van der Waals surface area contributed by atoms with Gasteiger partial charge in [0.05, 0.1) is 0 Å². The summed E-state index contributed by atoms with van der Waals surface area (Å²) in [5.74, 6) is 0.146. The van der Waals surface area contributed by atoms with Crippen molar-refractivity contribution < 1.29 is 9.90 Å². The SMILES string of the molecule is Cc1ccc(C(=O)N(C)CC2CCCN2C)cc1O. The number of amides is 1. The highest BCUT2D eigenvalue weighted by Gasteiger charge is 2.24. The Kier molecular flexibility index (Phi) is 4.10. The molecule has 1 aliphatic heterocycles. The molecule has 2 rings (SSSR count). The number of nitrogens with zero attached hydrogens (tertiary/aromatic N) is 2. The van der Waals surface area contributed by atoms with Crippen LogP contribution in [0.5, 0.6) is 5.75 Å². The van der Waals surface area contributed by atoms with E-state index in [-0.39, 0.29) is 11.7 Å². The smallest absolute Gasteiger partial charge is 0.253 e. The molecule has 4 heteroatoms. The normalized spacial score (nSPS) is 19.6. The summed E-state index contributed by atoms with van der Waals surface area (Å²) in [7, 11) is 3.93. The minimum absolute atomic E-state index is 0.0319. The number of aryl methyl sites for hydroxylation is 1. The third kappa shape index (κ3) is 3.07. The van der Waals surface area contributed by atoms with Crippen molar-refractivity contribution in [1.29, 1.82) is 0 Å². The average molecular weight is 262 g/mol. The van der Waals surface area contributed by atoms with Gasteiger partial charge in [0.1, 0.15) is 5.75 Å². The summed E-state index contributed by atoms with van der Waals surface area (Å²) in [5, 5.41) is 9.68. The number of carbonyl (C=O) groups excluding carboxylic acids is 1. The molecule has 0 radical (unpaired) electrons. The van der Waals surface area contributed by atoms with Crippen LogP contribution >= 0.6 is 0 Å². The van der Waals surface area contributed by atoms with Gasteiger partial charge >= 0.3 is 0 Å². The topological polar surface area (TPSA) is 43.8 Å². The molecule has 4 nitrogen and oxygen atoms in total. The van der Waals surface area contributed by atoms with Gasteiger partial charge < -0.3 is 14.9 Å². The molecule has 0 aliphatic carbocycles. The Morgan fingerprint density at radius 3 is 2.84 bits per heavy atom. The molecule has 19 heavy (non-hydrogen) atoms. The lowest BCUT2D eigenvalue weighted by Crippen LogP contribution is -2.39. The van der Waals surface area contributed by atoms with Crippen LogP contribution in [0.3, 0.4) is 0 Å². The number of likely N-dealkylation sites (N-methyl/N-ethyl adjacent to an activating group) is 2. The maximum Gasteiger partial charge on any atom is 0.253 e. The zero-order valence-corrected chi connectivity index (χ0v) is 11.9. The van der Waals surface area contributed by atoms with Gasteiger partial charge in [-0.15, -0.1) is 0 Å². The quantitative estimate of drug-likeness (QED) is 0.904. The molecule has 0 aromatic heterocycles. The largest absolute Gasteiger partial charge is 0.508 e. The van der Waals surface area contributed by atoms with Crippen LogP contribution in [-0.4, -0.2) is 54.0 Å². The highest BCUT2D eigenvalue weighted by atomic mass is 16.3. The van der Waals surface area contributed by atoms with Gasteiger partial charge in [-0.05, 0) is 51.1 Å². The van der Waals surface area contributed by atoms with E-state index in [4.69, 9.17) is 0 Å². The molecule has 0 bridgehead atoms. The van der Waals surface area contributed by atoms with Gasteiger partial charge in [-0.25, -0.2) is 0 Å². The maximum atomic E-state index is 12.3. The number of benzene rings is 1. The number of hydrogen-bond donors (Lipinski definition) is 1. The second-order valence-corrected chi connectivity index (χ2v) is 5.46. The molecule has 1 fully saturated rings. The molecular formula is C15H22N2O2. The van der Waals surface area contributed by atoms with Crippen molar-refractivity contribution in [2.75, 3.05) is 27.2 Å². The fourth-order valence-corrected chi connectivity index (χ4v) is 2.57. The Morgan fingerprint density at radius 2 is 2.26 bits per heavy atom. The fraction of sp³-hybridized carbons (Fsp3) is 0.533. The zero-order valence-electron chi connectivity index (χ0n) is 11.9. The van der Waals surface area contributed by atoms with E-state index in [9.17, 15) is 9.90 Å². The number of aromatic hydroxyl groups is 1. The molecule has 0 spiro atoms. The van der Waals surface area contributed by atoms with E-state index >= 15 is 0 Å². The van der Waals surface area contributed by atoms with E-state index < -0.39 is 0 Å². The van der Waals surface area contributed by atoms with Gasteiger partial charge in [0.25, 0.3) is 5.91 Å². The number of phenolic OH excluding ortho intramolecular Hbond substituents is 1. The van der Waals surface area contributed by atoms with Crippen molar-refractivity contribution in [3.63, 3.8) is 0 Å². The molecule has 1 N–H and O–H groups in total. The van der Waals surface area contributed by atoms with Crippen LogP contribution in [0.25, 0.3) is 0 Å². The summed E-state index contributed by atoms with van der Waals surface area (Å²) >= 11 is 0. The number of rotatable bonds is 3. The molecule has 1 aromatic carbocycles. The minimum atomic E-state index is -0.0319. The third-order valence-electron chi connectivity index (χ3n) is 3.96. The summed E-state index contributed by atoms with van der Waals surface area (Å²) in [5.41, 5.74) is 1.33. The van der Waals surface area contributed by atoms with E-state index in [1.54, 1.807) is 23.1 Å². The summed E-state index contributed by atoms with van der Waals surface area (Å²) in [6.45, 7) is 3.67. The van der Waals surface area contributed by atoms with Crippen molar-refractivity contribution in [2.45, 2.75) is 25.8 Å². The molecule has 1 unspecified atom stereocenters. The lowest BCUT2D eigenvalue weighted by Gasteiger charge is -2.26. The zero-order chi connectivity index (χ0) is 14.0. The van der Waals surface area contributed by atoms with E-state index in [2.05, 4.69) is 11.9 Å². The molecule has 1 heterocycles. The lowest BCUT2D eigenvalue weighted by molar-refractivity contribution is 0.0761. The second kappa shape index (κ2) is 5.61. The van der Waals surface area contributed by atoms with Crippen molar-refractivity contribution in [2.24, 2.45) is 0 Å². The molecule has 1 atom stereocenters. The second-order valence-electron chi connectivity index (χ2n) is 5.46. The number of phenols is 1. The van der Waals surface area contributed by atoms with Gasteiger partial charge in [-0.2, -0.15) is 0 Å². The van der Waals surface area contributed by atoms with Gasteiger partial charge in [0, 0.05) is 25.2 Å². The van der Waals surface area contributed by atoms with Crippen molar-refractivity contribution in [1.82, 2.24) is 9.80 Å². The average Bonchev–Trinajstić information content (AvgIpc) is 2.77. The molecule has 0 saturated carbocycles. The van der Waals surface area contributed by atoms with Gasteiger partial charge in [-0.3, -0.25) is 4.79 Å². The van der Waals surface area contributed by atoms with E-state index in [0.29, 0.717) is 11.6 Å². The molecular weight excluding hydrogens is 240 g/mol. The fourth-order valence-electron chi connectivity index (χ4n) is 2.57. The van der Waals surface area contributed by atoms with Crippen LogP contribution < -0.4 is 0 Å². The van der Waals surface area contributed by atoms with Crippen molar-refractivity contribution in [3.8, 4) is 5.75 Å². The van der Waals surface area contributed by atoms with Crippen LogP contribution in [0.1, 0.15) is 28.8 Å². The monoisotopic (exact) mass is 262 g/mol. The summed E-state index contributed by atoms with van der Waals surface area (Å²) in [4.78, 5) is 16.3. The number of likely N-dealkylation sites (tertiary alicyclic amines) is 1. The summed E-state index contributed by atoms with van der Waals surface area (Å²) in [6, 6.07) is 5.55. The Labute approximate surface area is 114 Å². The highest BCUT2D eigenvalue weighted by Crippen LogP contribution is 2.20. The Bertz CT molecular complexity index is 473. The van der Waals surface area contributed by atoms with Crippen molar-refractivity contribution >= 4 is 5.91 Å². The minimum Gasteiger partial charge on any atom is -0.508 e. The predicted molar refractivity (Wildman–Crippen MR) is 75.5 cm³/mol. The number of carbonyl (C=O) groups is 1. The lowest BCUT2D eigenvalue weighted by atomic mass is 10.1. The van der Waals surface area contributed by atoms with Crippen molar-refractivity contribution in [3.05, 3.63) is 29.3 Å². The van der Waals surface area contributed by atoms with Crippen LogP contribution in [0, 0.1) is 6.92 Å². The predicted octanol–water partition coefficient (Wildman–Crippen LogP) is 1.87. The van der Waals surface area contributed by atoms with E-state index in [0.717, 1.165) is 25.1 Å². The van der Waals surface area contributed by atoms with Gasteiger partial charge in [-0.1, -0.05) is 6.07 Å². The van der Waals surface area contributed by atoms with Gasteiger partial charge in [0.15, 0.2) is 0 Å². The van der Waals surface area contributed by atoms with Crippen LogP contribution in [0.4, 0.5) is 0 Å². The first-order valence-electron chi connectivity index (χ1n) is 6.74. The third-order valence-corrected chi connectivity index (χ3v) is 3.96. The Balaban J connectivity index is 2.03. The Morgan fingerprint density at radius 1 is 1.53 bits per heavy atom. The highest BCUT2D eigenvalue weighted by molar-refractivity contribution is 5.94. The maximum absolute atomic E-state index is 12.3. The molecule has 104 valence electrons. The standard InChI is InChI=1S/C15H22N2O2/c1-11-6-7-12(9-14(11)18)15(19)17(3)10-13-5-4-8-16(13)2/h6-7,9,13,18H,4-5,8,10H2,1-3H3. The first-order valence-corrected chi connectivity index (χ1v) is 6.74. The summed E-state index contributed by atoms with van der Waals surface area (Å²) in [6.07, 6.45) is 2.35. The molecule has 1 aromatic rings. The molecule has 1 saturated heterocycles. The molecule has 1 aliphatic rings. The first kappa shape index (κ1) is 13.9. The first-order chi connectivity index (χ1) is 8.99. The van der Waals surface area contributed by atoms with Gasteiger partial charge in [0.2, 0.25) is 0 Å². The Hall–Kier alpha value is -1.55. The van der Waals surface area contributed by atoms with E-state index in [1.807, 2.05) is 14.0 Å². The van der Waals surface area contributed by atoms with Crippen LogP contribution in [0.15, 0.2) is 18.2 Å².